The minimum Gasteiger partial charge on any atom is -0.497 e. The van der Waals surface area contributed by atoms with Crippen molar-refractivity contribution in [2.24, 2.45) is 0 Å². The fraction of sp³-hybridized carbons (Fsp3) is 0.471. The highest BCUT2D eigenvalue weighted by molar-refractivity contribution is 5.91. The zero-order chi connectivity index (χ0) is 14.7. The Hall–Kier alpha value is -1.81. The van der Waals surface area contributed by atoms with Crippen molar-refractivity contribution in [3.8, 4) is 5.75 Å². The number of rotatable bonds is 3. The van der Waals surface area contributed by atoms with Crippen LogP contribution in [-0.2, 0) is 4.79 Å². The molecule has 0 aliphatic carbocycles. The summed E-state index contributed by atoms with van der Waals surface area (Å²) in [6.45, 7) is 1.70. The second-order valence-electron chi connectivity index (χ2n) is 5.82. The first kappa shape index (κ1) is 14.1. The quantitative estimate of drug-likeness (QED) is 0.865. The Kier molecular flexibility index (Phi) is 4.25. The number of ether oxygens (including phenoxy) is 1. The van der Waals surface area contributed by atoms with Crippen molar-refractivity contribution in [2.45, 2.75) is 31.3 Å². The molecule has 0 saturated carbocycles. The van der Waals surface area contributed by atoms with Crippen LogP contribution in [0, 0.1) is 0 Å². The predicted molar refractivity (Wildman–Crippen MR) is 83.2 cm³/mol. The Bertz CT molecular complexity index is 524. The van der Waals surface area contributed by atoms with Crippen molar-refractivity contribution in [2.75, 3.05) is 20.2 Å². The molecule has 2 aliphatic rings. The Morgan fingerprint density at radius 1 is 1.24 bits per heavy atom. The van der Waals surface area contributed by atoms with Gasteiger partial charge in [-0.15, -0.1) is 0 Å². The van der Waals surface area contributed by atoms with Crippen molar-refractivity contribution < 1.29 is 9.53 Å². The van der Waals surface area contributed by atoms with Crippen LogP contribution in [0.25, 0.3) is 6.08 Å². The number of carbonyl (C=O) groups excluding carboxylic acids is 1. The molecule has 112 valence electrons. The van der Waals surface area contributed by atoms with E-state index < -0.39 is 0 Å². The molecule has 2 unspecified atom stereocenters. The van der Waals surface area contributed by atoms with E-state index >= 15 is 0 Å². The van der Waals surface area contributed by atoms with Gasteiger partial charge >= 0.3 is 0 Å². The molecule has 21 heavy (non-hydrogen) atoms. The third kappa shape index (κ3) is 3.45. The van der Waals surface area contributed by atoms with E-state index in [1.54, 1.807) is 13.2 Å². The second-order valence-corrected chi connectivity index (χ2v) is 5.82. The van der Waals surface area contributed by atoms with Gasteiger partial charge in [0.15, 0.2) is 0 Å². The average molecular weight is 286 g/mol. The van der Waals surface area contributed by atoms with Crippen LogP contribution in [0.15, 0.2) is 30.3 Å². The lowest BCUT2D eigenvalue weighted by Gasteiger charge is -2.22. The monoisotopic (exact) mass is 286 g/mol. The molecular weight excluding hydrogens is 264 g/mol. The van der Waals surface area contributed by atoms with Crippen LogP contribution in [0.2, 0.25) is 0 Å². The Morgan fingerprint density at radius 2 is 2.00 bits per heavy atom. The van der Waals surface area contributed by atoms with Gasteiger partial charge in [-0.25, -0.2) is 0 Å². The Balaban J connectivity index is 1.60. The van der Waals surface area contributed by atoms with Gasteiger partial charge in [-0.1, -0.05) is 12.1 Å². The number of nitrogens with zero attached hydrogens (tertiary/aromatic N) is 1. The van der Waals surface area contributed by atoms with Crippen LogP contribution in [0.3, 0.4) is 0 Å². The Labute approximate surface area is 125 Å². The topological polar surface area (TPSA) is 41.6 Å². The summed E-state index contributed by atoms with van der Waals surface area (Å²) in [7, 11) is 1.65. The molecule has 1 aromatic carbocycles. The molecular formula is C17H22N2O2. The SMILES string of the molecule is COc1ccc(/C=C/C(=O)N2CCC3CCC(C2)N3)cc1. The normalized spacial score (nSPS) is 25.1. The number of nitrogens with one attached hydrogen (secondary N) is 1. The maximum atomic E-state index is 12.3. The molecule has 0 radical (unpaired) electrons. The maximum Gasteiger partial charge on any atom is 0.246 e. The first-order chi connectivity index (χ1) is 10.2. The van der Waals surface area contributed by atoms with Gasteiger partial charge in [0.05, 0.1) is 7.11 Å². The van der Waals surface area contributed by atoms with Crippen LogP contribution < -0.4 is 10.1 Å². The summed E-state index contributed by atoms with van der Waals surface area (Å²) in [5, 5.41) is 3.59. The summed E-state index contributed by atoms with van der Waals surface area (Å²) in [6.07, 6.45) is 7.07. The summed E-state index contributed by atoms with van der Waals surface area (Å²) in [4.78, 5) is 14.3. The van der Waals surface area contributed by atoms with Crippen LogP contribution >= 0.6 is 0 Å². The van der Waals surface area contributed by atoms with E-state index in [2.05, 4.69) is 5.32 Å². The number of benzene rings is 1. The smallest absolute Gasteiger partial charge is 0.246 e. The van der Waals surface area contributed by atoms with E-state index in [0.717, 1.165) is 30.8 Å². The molecule has 2 saturated heterocycles. The minimum absolute atomic E-state index is 0.111. The standard InChI is InChI=1S/C17H22N2O2/c1-21-16-7-2-13(3-8-16)4-9-17(20)19-11-10-14-5-6-15(12-19)18-14/h2-4,7-9,14-15,18H,5-6,10-12H2,1H3/b9-4+. The van der Waals surface area contributed by atoms with Gasteiger partial charge in [-0.2, -0.15) is 0 Å². The third-order valence-corrected chi connectivity index (χ3v) is 4.37. The molecule has 2 aliphatic heterocycles. The average Bonchev–Trinajstić information content (AvgIpc) is 2.84. The van der Waals surface area contributed by atoms with E-state index in [-0.39, 0.29) is 5.91 Å². The molecule has 4 heteroatoms. The van der Waals surface area contributed by atoms with E-state index in [4.69, 9.17) is 4.74 Å². The largest absolute Gasteiger partial charge is 0.497 e. The van der Waals surface area contributed by atoms with E-state index in [1.807, 2.05) is 35.2 Å². The first-order valence-electron chi connectivity index (χ1n) is 7.61. The second kappa shape index (κ2) is 6.31. The van der Waals surface area contributed by atoms with Gasteiger partial charge in [0, 0.05) is 31.2 Å². The summed E-state index contributed by atoms with van der Waals surface area (Å²) >= 11 is 0. The molecule has 1 amide bonds. The third-order valence-electron chi connectivity index (χ3n) is 4.37. The van der Waals surface area contributed by atoms with Gasteiger partial charge in [0.2, 0.25) is 5.91 Å². The lowest BCUT2D eigenvalue weighted by Crippen LogP contribution is -2.38. The fourth-order valence-corrected chi connectivity index (χ4v) is 3.13. The van der Waals surface area contributed by atoms with Gasteiger partial charge in [0.25, 0.3) is 0 Å². The molecule has 2 fully saturated rings. The highest BCUT2D eigenvalue weighted by atomic mass is 16.5. The zero-order valence-electron chi connectivity index (χ0n) is 12.4. The van der Waals surface area contributed by atoms with Crippen molar-refractivity contribution in [3.63, 3.8) is 0 Å². The molecule has 1 aromatic rings. The van der Waals surface area contributed by atoms with Crippen LogP contribution in [0.5, 0.6) is 5.75 Å². The lowest BCUT2D eigenvalue weighted by atomic mass is 10.1. The van der Waals surface area contributed by atoms with Crippen LogP contribution in [-0.4, -0.2) is 43.1 Å². The molecule has 0 spiro atoms. The number of methoxy groups -OCH3 is 1. The molecule has 3 rings (SSSR count). The van der Waals surface area contributed by atoms with Crippen LogP contribution in [0.4, 0.5) is 0 Å². The molecule has 4 nitrogen and oxygen atoms in total. The number of amides is 1. The maximum absolute atomic E-state index is 12.3. The first-order valence-corrected chi connectivity index (χ1v) is 7.61. The van der Waals surface area contributed by atoms with Crippen LogP contribution in [0.1, 0.15) is 24.8 Å². The minimum atomic E-state index is 0.111. The molecule has 2 bridgehead atoms. The number of hydrogen-bond donors (Lipinski definition) is 1. The van der Waals surface area contributed by atoms with Crippen molar-refractivity contribution in [1.29, 1.82) is 0 Å². The summed E-state index contributed by atoms with van der Waals surface area (Å²) in [5.41, 5.74) is 1.01. The van der Waals surface area contributed by atoms with Gasteiger partial charge < -0.3 is 15.0 Å². The van der Waals surface area contributed by atoms with E-state index in [9.17, 15) is 4.79 Å². The van der Waals surface area contributed by atoms with Gasteiger partial charge in [0.1, 0.15) is 5.75 Å². The zero-order valence-corrected chi connectivity index (χ0v) is 12.4. The highest BCUT2D eigenvalue weighted by Gasteiger charge is 2.30. The highest BCUT2D eigenvalue weighted by Crippen LogP contribution is 2.20. The molecule has 0 aromatic heterocycles. The van der Waals surface area contributed by atoms with Crippen molar-refractivity contribution >= 4 is 12.0 Å². The Morgan fingerprint density at radius 3 is 2.76 bits per heavy atom. The number of hydrogen-bond acceptors (Lipinski definition) is 3. The van der Waals surface area contributed by atoms with Crippen molar-refractivity contribution in [3.05, 3.63) is 35.9 Å². The fourth-order valence-electron chi connectivity index (χ4n) is 3.13. The predicted octanol–water partition coefficient (Wildman–Crippen LogP) is 2.06. The number of fused-ring (bicyclic) bond motifs is 2. The van der Waals surface area contributed by atoms with Crippen molar-refractivity contribution in [1.82, 2.24) is 10.2 Å². The van der Waals surface area contributed by atoms with Gasteiger partial charge in [-0.3, -0.25) is 4.79 Å². The molecule has 2 heterocycles. The lowest BCUT2D eigenvalue weighted by molar-refractivity contribution is -0.126. The summed E-state index contributed by atoms with van der Waals surface area (Å²) < 4.78 is 5.13. The van der Waals surface area contributed by atoms with Gasteiger partial charge in [-0.05, 0) is 43.0 Å². The molecule has 2 atom stereocenters. The summed E-state index contributed by atoms with van der Waals surface area (Å²) in [6, 6.07) is 8.80. The number of likely N-dealkylation sites (tertiary alicyclic amines) is 1. The number of carbonyl (C=O) groups is 1. The van der Waals surface area contributed by atoms with E-state index in [1.165, 1.54) is 12.8 Å². The molecule has 1 N–H and O–H groups in total. The summed E-state index contributed by atoms with van der Waals surface area (Å²) in [5.74, 6) is 0.938. The van der Waals surface area contributed by atoms with E-state index in [0.29, 0.717) is 12.1 Å².